The second-order valence-electron chi connectivity index (χ2n) is 7.22. The van der Waals surface area contributed by atoms with Gasteiger partial charge in [-0.25, -0.2) is 0 Å². The zero-order valence-corrected chi connectivity index (χ0v) is 14.7. The van der Waals surface area contributed by atoms with Gasteiger partial charge in [-0.15, -0.1) is 0 Å². The molecule has 3 aromatic carbocycles. The standard InChI is InChI=1S/C23H25NO/c1-16(20-12-6-9-18-7-2-4-10-21(18)20)24-15-17-13-19-8-3-5-11-22(19)23(25)14-17/h2-12,16-17,23-25H,13-15H2,1H3/t16-,17?,23?/m1/s1. The summed E-state index contributed by atoms with van der Waals surface area (Å²) in [5, 5.41) is 16.7. The maximum Gasteiger partial charge on any atom is 0.0796 e. The molecule has 0 saturated heterocycles. The number of benzene rings is 3. The molecular weight excluding hydrogens is 306 g/mol. The van der Waals surface area contributed by atoms with E-state index in [1.807, 2.05) is 6.07 Å². The average Bonchev–Trinajstić information content (AvgIpc) is 2.66. The van der Waals surface area contributed by atoms with Gasteiger partial charge in [0.25, 0.3) is 0 Å². The van der Waals surface area contributed by atoms with Gasteiger partial charge in [0.05, 0.1) is 6.10 Å². The van der Waals surface area contributed by atoms with Crippen LogP contribution in [0.1, 0.15) is 42.2 Å². The van der Waals surface area contributed by atoms with Gasteiger partial charge in [0.1, 0.15) is 0 Å². The maximum atomic E-state index is 10.4. The first-order valence-corrected chi connectivity index (χ1v) is 9.19. The molecule has 0 heterocycles. The number of nitrogens with one attached hydrogen (secondary N) is 1. The SMILES string of the molecule is C[C@@H](NCC1Cc2ccccc2C(O)C1)c1cccc2ccccc12. The molecule has 0 saturated carbocycles. The average molecular weight is 331 g/mol. The predicted octanol–water partition coefficient (Wildman–Crippen LogP) is 4.79. The summed E-state index contributed by atoms with van der Waals surface area (Å²) in [5.41, 5.74) is 3.75. The van der Waals surface area contributed by atoms with Crippen molar-refractivity contribution in [1.29, 1.82) is 0 Å². The maximum absolute atomic E-state index is 10.4. The summed E-state index contributed by atoms with van der Waals surface area (Å²) < 4.78 is 0. The van der Waals surface area contributed by atoms with Gasteiger partial charge in [0.15, 0.2) is 0 Å². The molecular formula is C23H25NO. The minimum atomic E-state index is -0.329. The first kappa shape index (κ1) is 16.3. The highest BCUT2D eigenvalue weighted by molar-refractivity contribution is 5.86. The van der Waals surface area contributed by atoms with Crippen LogP contribution in [0.4, 0.5) is 0 Å². The molecule has 0 amide bonds. The van der Waals surface area contributed by atoms with Crippen molar-refractivity contribution in [2.24, 2.45) is 5.92 Å². The molecule has 2 N–H and O–H groups in total. The number of hydrogen-bond donors (Lipinski definition) is 2. The Morgan fingerprint density at radius 1 is 1.00 bits per heavy atom. The molecule has 128 valence electrons. The number of aliphatic hydroxyl groups is 1. The van der Waals surface area contributed by atoms with E-state index in [4.69, 9.17) is 0 Å². The summed E-state index contributed by atoms with van der Waals surface area (Å²) in [6, 6.07) is 23.7. The van der Waals surface area contributed by atoms with Crippen LogP contribution in [-0.2, 0) is 6.42 Å². The lowest BCUT2D eigenvalue weighted by Crippen LogP contribution is -2.30. The van der Waals surface area contributed by atoms with Gasteiger partial charge in [-0.05, 0) is 59.7 Å². The molecule has 3 aromatic rings. The lowest BCUT2D eigenvalue weighted by Gasteiger charge is -2.30. The van der Waals surface area contributed by atoms with E-state index in [1.54, 1.807) is 0 Å². The van der Waals surface area contributed by atoms with Crippen LogP contribution in [-0.4, -0.2) is 11.7 Å². The molecule has 0 spiro atoms. The van der Waals surface area contributed by atoms with Crippen LogP contribution >= 0.6 is 0 Å². The first-order valence-electron chi connectivity index (χ1n) is 9.19. The molecule has 0 radical (unpaired) electrons. The van der Waals surface area contributed by atoms with Gasteiger partial charge in [-0.2, -0.15) is 0 Å². The van der Waals surface area contributed by atoms with Crippen molar-refractivity contribution >= 4 is 10.8 Å². The van der Waals surface area contributed by atoms with Crippen molar-refractivity contribution in [3.8, 4) is 0 Å². The fraction of sp³-hybridized carbons (Fsp3) is 0.304. The van der Waals surface area contributed by atoms with E-state index in [2.05, 4.69) is 72.9 Å². The summed E-state index contributed by atoms with van der Waals surface area (Å²) in [4.78, 5) is 0. The Labute approximate surface area is 149 Å². The van der Waals surface area contributed by atoms with Crippen molar-refractivity contribution < 1.29 is 5.11 Å². The van der Waals surface area contributed by atoms with E-state index in [0.29, 0.717) is 12.0 Å². The fourth-order valence-corrected chi connectivity index (χ4v) is 4.12. The van der Waals surface area contributed by atoms with Crippen LogP contribution in [0.25, 0.3) is 10.8 Å². The van der Waals surface area contributed by atoms with Gasteiger partial charge in [0, 0.05) is 6.04 Å². The number of aliphatic hydroxyl groups excluding tert-OH is 1. The van der Waals surface area contributed by atoms with Crippen molar-refractivity contribution in [2.75, 3.05) is 6.54 Å². The van der Waals surface area contributed by atoms with E-state index in [0.717, 1.165) is 24.9 Å². The molecule has 1 aliphatic rings. The molecule has 2 heteroatoms. The normalized spacial score (nSPS) is 21.0. The van der Waals surface area contributed by atoms with E-state index in [-0.39, 0.29) is 6.10 Å². The molecule has 4 rings (SSSR count). The third kappa shape index (κ3) is 3.33. The van der Waals surface area contributed by atoms with Crippen molar-refractivity contribution in [1.82, 2.24) is 5.32 Å². The van der Waals surface area contributed by atoms with Gasteiger partial charge in [-0.1, -0.05) is 66.7 Å². The summed E-state index contributed by atoms with van der Waals surface area (Å²) in [6.45, 7) is 3.16. The first-order chi connectivity index (χ1) is 12.2. The molecule has 0 aromatic heterocycles. The third-order valence-electron chi connectivity index (χ3n) is 5.48. The molecule has 0 aliphatic heterocycles. The Morgan fingerprint density at radius 3 is 2.68 bits per heavy atom. The molecule has 0 fully saturated rings. The highest BCUT2D eigenvalue weighted by atomic mass is 16.3. The van der Waals surface area contributed by atoms with Gasteiger partial charge >= 0.3 is 0 Å². The zero-order valence-electron chi connectivity index (χ0n) is 14.7. The molecule has 1 aliphatic carbocycles. The van der Waals surface area contributed by atoms with Crippen LogP contribution in [0.2, 0.25) is 0 Å². The molecule has 3 atom stereocenters. The predicted molar refractivity (Wildman–Crippen MR) is 104 cm³/mol. The van der Waals surface area contributed by atoms with Crippen molar-refractivity contribution in [3.05, 3.63) is 83.4 Å². The molecule has 25 heavy (non-hydrogen) atoms. The largest absolute Gasteiger partial charge is 0.388 e. The topological polar surface area (TPSA) is 32.3 Å². The Bertz CT molecular complexity index is 867. The lowest BCUT2D eigenvalue weighted by molar-refractivity contribution is 0.130. The Morgan fingerprint density at radius 2 is 1.76 bits per heavy atom. The van der Waals surface area contributed by atoms with Crippen molar-refractivity contribution in [3.63, 3.8) is 0 Å². The van der Waals surface area contributed by atoms with Crippen molar-refractivity contribution in [2.45, 2.75) is 31.9 Å². The van der Waals surface area contributed by atoms with Gasteiger partial charge in [0.2, 0.25) is 0 Å². The quantitative estimate of drug-likeness (QED) is 0.720. The van der Waals surface area contributed by atoms with E-state index >= 15 is 0 Å². The highest BCUT2D eigenvalue weighted by Crippen LogP contribution is 2.33. The Hall–Kier alpha value is -2.16. The number of hydrogen-bond acceptors (Lipinski definition) is 2. The highest BCUT2D eigenvalue weighted by Gasteiger charge is 2.25. The van der Waals surface area contributed by atoms with E-state index in [1.165, 1.54) is 21.9 Å². The summed E-state index contributed by atoms with van der Waals surface area (Å²) in [6.07, 6.45) is 1.55. The molecule has 2 nitrogen and oxygen atoms in total. The Kier molecular flexibility index (Phi) is 4.56. The summed E-state index contributed by atoms with van der Waals surface area (Å²) in [5.74, 6) is 0.474. The van der Waals surface area contributed by atoms with Crippen LogP contribution in [0, 0.1) is 5.92 Å². The summed E-state index contributed by atoms with van der Waals surface area (Å²) >= 11 is 0. The third-order valence-corrected chi connectivity index (χ3v) is 5.48. The van der Waals surface area contributed by atoms with Crippen LogP contribution < -0.4 is 5.32 Å². The lowest BCUT2D eigenvalue weighted by atomic mass is 9.82. The summed E-state index contributed by atoms with van der Waals surface area (Å²) in [7, 11) is 0. The fourth-order valence-electron chi connectivity index (χ4n) is 4.12. The second-order valence-corrected chi connectivity index (χ2v) is 7.22. The van der Waals surface area contributed by atoms with Crippen LogP contribution in [0.5, 0.6) is 0 Å². The van der Waals surface area contributed by atoms with E-state index in [9.17, 15) is 5.11 Å². The smallest absolute Gasteiger partial charge is 0.0796 e. The van der Waals surface area contributed by atoms with E-state index < -0.39 is 0 Å². The van der Waals surface area contributed by atoms with Crippen LogP contribution in [0.3, 0.4) is 0 Å². The van der Waals surface area contributed by atoms with Gasteiger partial charge < -0.3 is 10.4 Å². The minimum absolute atomic E-state index is 0.292. The number of rotatable bonds is 4. The number of fused-ring (bicyclic) bond motifs is 2. The monoisotopic (exact) mass is 331 g/mol. The molecule has 0 bridgehead atoms. The molecule has 2 unspecified atom stereocenters. The van der Waals surface area contributed by atoms with Crippen LogP contribution in [0.15, 0.2) is 66.7 Å². The van der Waals surface area contributed by atoms with Gasteiger partial charge in [-0.3, -0.25) is 0 Å². The zero-order chi connectivity index (χ0) is 17.2. The minimum Gasteiger partial charge on any atom is -0.388 e. The Balaban J connectivity index is 1.46. The second kappa shape index (κ2) is 6.99.